The molecule has 10 heavy (non-hydrogen) atoms. The van der Waals surface area contributed by atoms with Crippen molar-refractivity contribution in [2.24, 2.45) is 5.92 Å². The van der Waals surface area contributed by atoms with Gasteiger partial charge in [0, 0.05) is 12.3 Å². The normalized spacial score (nSPS) is 52.2. The maximum absolute atomic E-state index is 2.43. The van der Waals surface area contributed by atoms with Crippen molar-refractivity contribution in [1.82, 2.24) is 0 Å². The number of rotatable bonds is 1. The minimum absolute atomic E-state index is 1.04. The van der Waals surface area contributed by atoms with Gasteiger partial charge in [-0.15, -0.1) is 0 Å². The molecular weight excluding hydrogens is 122 g/mol. The Morgan fingerprint density at radius 1 is 1.40 bits per heavy atom. The van der Waals surface area contributed by atoms with E-state index in [2.05, 4.69) is 14.0 Å². The average Bonchev–Trinajstić information content (AvgIpc) is 2.46. The van der Waals surface area contributed by atoms with Crippen molar-refractivity contribution in [1.29, 1.82) is 0 Å². The van der Waals surface area contributed by atoms with E-state index in [1.165, 1.54) is 36.8 Å². The van der Waals surface area contributed by atoms with Gasteiger partial charge in [-0.1, -0.05) is 0 Å². The number of hydrogen-bond acceptors (Lipinski definition) is 0. The van der Waals surface area contributed by atoms with Crippen molar-refractivity contribution in [2.75, 3.05) is 20.1 Å². The monoisotopic (exact) mass is 140 g/mol. The minimum Gasteiger partial charge on any atom is -0.324 e. The molecule has 1 heterocycles. The van der Waals surface area contributed by atoms with Crippen molar-refractivity contribution in [3.05, 3.63) is 0 Å². The molecule has 0 aromatic rings. The summed E-state index contributed by atoms with van der Waals surface area (Å²) in [4.78, 5) is 0. The van der Waals surface area contributed by atoms with Crippen molar-refractivity contribution >= 4 is 0 Å². The summed E-state index contributed by atoms with van der Waals surface area (Å²) in [6, 6.07) is 1.04. The summed E-state index contributed by atoms with van der Waals surface area (Å²) < 4.78 is 1.38. The predicted octanol–water partition coefficient (Wildman–Crippen LogP) is 1.64. The largest absolute Gasteiger partial charge is 0.324 e. The maximum Gasteiger partial charge on any atom is 0.0893 e. The van der Waals surface area contributed by atoms with Crippen LogP contribution in [0.4, 0.5) is 0 Å². The van der Waals surface area contributed by atoms with Crippen LogP contribution < -0.4 is 0 Å². The molecular formula is C9H18N+. The van der Waals surface area contributed by atoms with Crippen molar-refractivity contribution in [3.63, 3.8) is 0 Å². The Morgan fingerprint density at radius 3 is 2.50 bits per heavy atom. The number of fused-ring (bicyclic) bond motifs is 2. The van der Waals surface area contributed by atoms with Gasteiger partial charge in [0.05, 0.1) is 26.2 Å². The van der Waals surface area contributed by atoms with Crippen LogP contribution in [-0.2, 0) is 0 Å². The molecule has 1 saturated carbocycles. The van der Waals surface area contributed by atoms with Gasteiger partial charge in [-0.2, -0.15) is 0 Å². The van der Waals surface area contributed by atoms with E-state index in [4.69, 9.17) is 0 Å². The first kappa shape index (κ1) is 6.66. The Hall–Kier alpha value is -0.0400. The fourth-order valence-corrected chi connectivity index (χ4v) is 2.91. The molecule has 1 nitrogen and oxygen atoms in total. The zero-order chi connectivity index (χ0) is 7.19. The Morgan fingerprint density at radius 2 is 2.20 bits per heavy atom. The molecule has 3 unspecified atom stereocenters. The zero-order valence-corrected chi connectivity index (χ0v) is 7.14. The van der Waals surface area contributed by atoms with E-state index in [9.17, 15) is 0 Å². The third-order valence-electron chi connectivity index (χ3n) is 3.79. The van der Waals surface area contributed by atoms with Crippen LogP contribution in [0.15, 0.2) is 0 Å². The summed E-state index contributed by atoms with van der Waals surface area (Å²) in [6.45, 7) is 5.16. The van der Waals surface area contributed by atoms with Gasteiger partial charge in [0.2, 0.25) is 0 Å². The van der Waals surface area contributed by atoms with Gasteiger partial charge in [-0.3, -0.25) is 0 Å². The summed E-state index contributed by atoms with van der Waals surface area (Å²) in [5.41, 5.74) is 0. The standard InChI is InChI=1S/C9H18N/c1-3-10(2)7-8-4-5-9(10)6-8/h8-9H,3-7H2,1-2H3/q+1. The number of quaternary nitrogens is 1. The highest BCUT2D eigenvalue weighted by Gasteiger charge is 2.47. The Labute approximate surface area is 63.6 Å². The summed E-state index contributed by atoms with van der Waals surface area (Å²) >= 11 is 0. The molecule has 2 fully saturated rings. The van der Waals surface area contributed by atoms with Crippen LogP contribution in [0.1, 0.15) is 26.2 Å². The van der Waals surface area contributed by atoms with Crippen LogP contribution in [0.3, 0.4) is 0 Å². The molecule has 58 valence electrons. The second-order valence-electron chi connectivity index (χ2n) is 4.31. The third-order valence-corrected chi connectivity index (χ3v) is 3.79. The lowest BCUT2D eigenvalue weighted by Gasteiger charge is -2.37. The van der Waals surface area contributed by atoms with Crippen molar-refractivity contribution < 1.29 is 4.48 Å². The highest BCUT2D eigenvalue weighted by Crippen LogP contribution is 2.41. The van der Waals surface area contributed by atoms with Crippen LogP contribution in [0.25, 0.3) is 0 Å². The van der Waals surface area contributed by atoms with E-state index < -0.39 is 0 Å². The fraction of sp³-hybridized carbons (Fsp3) is 1.00. The van der Waals surface area contributed by atoms with Crippen LogP contribution in [0, 0.1) is 5.92 Å². The van der Waals surface area contributed by atoms with Gasteiger partial charge in [-0.25, -0.2) is 0 Å². The molecule has 0 radical (unpaired) electrons. The van der Waals surface area contributed by atoms with E-state index in [1.807, 2.05) is 0 Å². The Bertz CT molecular complexity index is 144. The fourth-order valence-electron chi connectivity index (χ4n) is 2.91. The molecule has 1 saturated heterocycles. The van der Waals surface area contributed by atoms with Crippen molar-refractivity contribution in [3.8, 4) is 0 Å². The van der Waals surface area contributed by atoms with Crippen LogP contribution in [-0.4, -0.2) is 30.7 Å². The lowest BCUT2D eigenvalue weighted by molar-refractivity contribution is -0.924. The molecule has 2 aliphatic rings. The second kappa shape index (κ2) is 1.97. The zero-order valence-electron chi connectivity index (χ0n) is 7.14. The molecule has 0 aromatic carbocycles. The first-order valence-electron chi connectivity index (χ1n) is 4.59. The molecule has 1 aliphatic carbocycles. The number of hydrogen-bond donors (Lipinski definition) is 0. The molecule has 1 heteroatoms. The molecule has 0 amide bonds. The number of nitrogens with zero attached hydrogens (tertiary/aromatic N) is 1. The summed E-state index contributed by atoms with van der Waals surface area (Å²) in [5.74, 6) is 1.09. The molecule has 0 N–H and O–H groups in total. The molecule has 2 bridgehead atoms. The summed E-state index contributed by atoms with van der Waals surface area (Å²) in [5, 5.41) is 0. The van der Waals surface area contributed by atoms with Gasteiger partial charge in [0.25, 0.3) is 0 Å². The van der Waals surface area contributed by atoms with Gasteiger partial charge in [0.1, 0.15) is 0 Å². The van der Waals surface area contributed by atoms with E-state index >= 15 is 0 Å². The number of piperidine rings is 1. The van der Waals surface area contributed by atoms with Gasteiger partial charge < -0.3 is 4.48 Å². The van der Waals surface area contributed by atoms with E-state index in [1.54, 1.807) is 0 Å². The van der Waals surface area contributed by atoms with Gasteiger partial charge in [0.15, 0.2) is 0 Å². The van der Waals surface area contributed by atoms with E-state index in [-0.39, 0.29) is 0 Å². The van der Waals surface area contributed by atoms with E-state index in [0.29, 0.717) is 0 Å². The lowest BCUT2D eigenvalue weighted by atomic mass is 10.1. The molecule has 0 aromatic heterocycles. The second-order valence-corrected chi connectivity index (χ2v) is 4.31. The lowest BCUT2D eigenvalue weighted by Crippen LogP contribution is -2.49. The topological polar surface area (TPSA) is 0 Å². The molecule has 1 aliphatic heterocycles. The Kier molecular flexibility index (Phi) is 1.31. The van der Waals surface area contributed by atoms with Crippen LogP contribution >= 0.6 is 0 Å². The number of likely N-dealkylation sites (tertiary alicyclic amines) is 1. The average molecular weight is 140 g/mol. The minimum atomic E-state index is 1.04. The smallest absolute Gasteiger partial charge is 0.0893 e. The van der Waals surface area contributed by atoms with Crippen LogP contribution in [0.2, 0.25) is 0 Å². The first-order chi connectivity index (χ1) is 4.74. The summed E-state index contributed by atoms with van der Waals surface area (Å²) in [6.07, 6.45) is 4.57. The van der Waals surface area contributed by atoms with Gasteiger partial charge in [-0.05, 0) is 19.8 Å². The van der Waals surface area contributed by atoms with Crippen LogP contribution in [0.5, 0.6) is 0 Å². The SMILES string of the molecule is CC[N+]1(C)CC2CCC1C2. The molecule has 0 spiro atoms. The summed E-state index contributed by atoms with van der Waals surface area (Å²) in [7, 11) is 2.43. The predicted molar refractivity (Wildman–Crippen MR) is 42.7 cm³/mol. The molecule has 3 atom stereocenters. The highest BCUT2D eigenvalue weighted by molar-refractivity contribution is 4.82. The third kappa shape index (κ3) is 0.731. The maximum atomic E-state index is 2.43. The van der Waals surface area contributed by atoms with Gasteiger partial charge >= 0.3 is 0 Å². The first-order valence-corrected chi connectivity index (χ1v) is 4.59. The Balaban J connectivity index is 2.14. The quantitative estimate of drug-likeness (QED) is 0.486. The van der Waals surface area contributed by atoms with E-state index in [0.717, 1.165) is 12.0 Å². The molecule has 2 rings (SSSR count). The van der Waals surface area contributed by atoms with Crippen molar-refractivity contribution in [2.45, 2.75) is 32.2 Å². The highest BCUT2D eigenvalue weighted by atomic mass is 15.4.